The fourth-order valence-corrected chi connectivity index (χ4v) is 1.77. The van der Waals surface area contributed by atoms with Crippen molar-refractivity contribution in [3.8, 4) is 0 Å². The van der Waals surface area contributed by atoms with Crippen molar-refractivity contribution in [2.45, 2.75) is 4.90 Å². The van der Waals surface area contributed by atoms with E-state index in [2.05, 4.69) is 0 Å². The van der Waals surface area contributed by atoms with Crippen LogP contribution in [0.3, 0.4) is 0 Å². The van der Waals surface area contributed by atoms with Crippen LogP contribution in [0.4, 0.5) is 0 Å². The fourth-order valence-electron chi connectivity index (χ4n) is 0.700. The van der Waals surface area contributed by atoms with Crippen LogP contribution in [0.15, 0.2) is 45.8 Å². The van der Waals surface area contributed by atoms with Gasteiger partial charge in [0.05, 0.1) is 0 Å². The quantitative estimate of drug-likeness (QED) is 0.689. The molecule has 0 saturated carbocycles. The summed E-state index contributed by atoms with van der Waals surface area (Å²) < 4.78 is 0. The first-order valence-electron chi connectivity index (χ1n) is 3.45. The zero-order valence-electron chi connectivity index (χ0n) is 6.34. The van der Waals surface area contributed by atoms with Crippen molar-refractivity contribution in [3.63, 3.8) is 0 Å². The van der Waals surface area contributed by atoms with Gasteiger partial charge in [-0.2, -0.15) is 0 Å². The third kappa shape index (κ3) is 3.53. The Balaban J connectivity index is 2.44. The third-order valence-corrected chi connectivity index (χ3v) is 3.08. The van der Waals surface area contributed by atoms with Crippen LogP contribution in [0.2, 0.25) is 0 Å². The van der Waals surface area contributed by atoms with Crippen LogP contribution in [0, 0.1) is 0 Å². The molecule has 0 aliphatic rings. The molecule has 64 valence electrons. The first-order chi connectivity index (χ1) is 5.83. The van der Waals surface area contributed by atoms with Crippen LogP contribution < -0.4 is 0 Å². The van der Waals surface area contributed by atoms with Gasteiger partial charge in [0.15, 0.2) is 0 Å². The van der Waals surface area contributed by atoms with Crippen molar-refractivity contribution < 1.29 is 0 Å². The Morgan fingerprint density at radius 2 is 2.00 bits per heavy atom. The van der Waals surface area contributed by atoms with E-state index in [9.17, 15) is 0 Å². The van der Waals surface area contributed by atoms with E-state index in [1.54, 1.807) is 11.8 Å². The molecule has 0 aromatic heterocycles. The van der Waals surface area contributed by atoms with E-state index in [0.29, 0.717) is 5.03 Å². The van der Waals surface area contributed by atoms with E-state index in [4.69, 9.17) is 23.2 Å². The lowest BCUT2D eigenvalue weighted by Crippen LogP contribution is -1.76. The molecule has 1 aromatic carbocycles. The lowest BCUT2D eigenvalue weighted by molar-refractivity contribution is 1.46. The zero-order valence-corrected chi connectivity index (χ0v) is 8.66. The molecular formula is C9H8Cl2S. The SMILES string of the molecule is ClC=C(Cl)CSc1ccccc1. The van der Waals surface area contributed by atoms with E-state index < -0.39 is 0 Å². The number of halogens is 2. The van der Waals surface area contributed by atoms with Crippen LogP contribution in [0.5, 0.6) is 0 Å². The highest BCUT2D eigenvalue weighted by atomic mass is 35.5. The maximum Gasteiger partial charge on any atom is 0.0396 e. The van der Waals surface area contributed by atoms with E-state index >= 15 is 0 Å². The Morgan fingerprint density at radius 1 is 1.33 bits per heavy atom. The van der Waals surface area contributed by atoms with Crippen LogP contribution in [0.25, 0.3) is 0 Å². The molecule has 0 N–H and O–H groups in total. The van der Waals surface area contributed by atoms with Crippen molar-refractivity contribution in [2.24, 2.45) is 0 Å². The second kappa shape index (κ2) is 5.52. The molecule has 1 aromatic rings. The standard InChI is InChI=1S/C9H8Cl2S/c10-6-8(11)7-12-9-4-2-1-3-5-9/h1-6H,7H2. The third-order valence-electron chi connectivity index (χ3n) is 1.24. The molecule has 0 atom stereocenters. The number of rotatable bonds is 3. The summed E-state index contributed by atoms with van der Waals surface area (Å²) in [6.45, 7) is 0. The van der Waals surface area contributed by atoms with E-state index in [-0.39, 0.29) is 0 Å². The largest absolute Gasteiger partial charge is 0.120 e. The van der Waals surface area contributed by atoms with Crippen LogP contribution in [-0.4, -0.2) is 5.75 Å². The zero-order chi connectivity index (χ0) is 8.81. The summed E-state index contributed by atoms with van der Waals surface area (Å²) in [5, 5.41) is 0.672. The van der Waals surface area contributed by atoms with Crippen LogP contribution in [0.1, 0.15) is 0 Å². The van der Waals surface area contributed by atoms with Gasteiger partial charge in [-0.3, -0.25) is 0 Å². The predicted molar refractivity (Wildman–Crippen MR) is 57.0 cm³/mol. The topological polar surface area (TPSA) is 0 Å². The molecule has 0 bridgehead atoms. The highest BCUT2D eigenvalue weighted by molar-refractivity contribution is 7.99. The Labute approximate surface area is 86.6 Å². The molecule has 1 rings (SSSR count). The summed E-state index contributed by atoms with van der Waals surface area (Å²) in [4.78, 5) is 1.20. The van der Waals surface area contributed by atoms with Gasteiger partial charge < -0.3 is 0 Å². The van der Waals surface area contributed by atoms with E-state index in [1.165, 1.54) is 10.4 Å². The smallest absolute Gasteiger partial charge is 0.0396 e. The Kier molecular flexibility index (Phi) is 4.59. The summed E-state index contributed by atoms with van der Waals surface area (Å²) in [5.41, 5.74) is 1.40. The molecule has 0 spiro atoms. The maximum atomic E-state index is 5.72. The molecule has 0 aliphatic carbocycles. The lowest BCUT2D eigenvalue weighted by Gasteiger charge is -1.98. The minimum absolute atomic E-state index is 0.672. The molecular weight excluding hydrogens is 211 g/mol. The lowest BCUT2D eigenvalue weighted by atomic mass is 10.4. The van der Waals surface area contributed by atoms with Crippen molar-refractivity contribution >= 4 is 35.0 Å². The van der Waals surface area contributed by atoms with Crippen LogP contribution >= 0.6 is 35.0 Å². The molecule has 0 fully saturated rings. The van der Waals surface area contributed by atoms with Crippen molar-refractivity contribution in [1.82, 2.24) is 0 Å². The molecule has 3 heteroatoms. The maximum absolute atomic E-state index is 5.72. The summed E-state index contributed by atoms with van der Waals surface area (Å²) in [6.07, 6.45) is 0. The molecule has 0 amide bonds. The molecule has 0 aliphatic heterocycles. The molecule has 0 radical (unpaired) electrons. The van der Waals surface area contributed by atoms with Gasteiger partial charge in [0.1, 0.15) is 0 Å². The molecule has 12 heavy (non-hydrogen) atoms. The fraction of sp³-hybridized carbons (Fsp3) is 0.111. The number of hydrogen-bond donors (Lipinski definition) is 0. The first-order valence-corrected chi connectivity index (χ1v) is 5.25. The Bertz CT molecular complexity index is 256. The van der Waals surface area contributed by atoms with Gasteiger partial charge >= 0.3 is 0 Å². The van der Waals surface area contributed by atoms with Gasteiger partial charge in [-0.25, -0.2) is 0 Å². The van der Waals surface area contributed by atoms with Gasteiger partial charge in [-0.1, -0.05) is 41.4 Å². The summed E-state index contributed by atoms with van der Waals surface area (Å²) in [5.74, 6) is 0.731. The van der Waals surface area contributed by atoms with Gasteiger partial charge in [0.2, 0.25) is 0 Å². The first kappa shape index (κ1) is 9.97. The second-order valence-electron chi connectivity index (χ2n) is 2.16. The minimum atomic E-state index is 0.672. The summed E-state index contributed by atoms with van der Waals surface area (Å²) in [7, 11) is 0. The monoisotopic (exact) mass is 218 g/mol. The average molecular weight is 219 g/mol. The number of hydrogen-bond acceptors (Lipinski definition) is 1. The van der Waals surface area contributed by atoms with Crippen molar-refractivity contribution in [1.29, 1.82) is 0 Å². The van der Waals surface area contributed by atoms with Crippen molar-refractivity contribution in [3.05, 3.63) is 40.9 Å². The van der Waals surface area contributed by atoms with Gasteiger partial charge in [0, 0.05) is 21.2 Å². The van der Waals surface area contributed by atoms with Crippen LogP contribution in [-0.2, 0) is 0 Å². The second-order valence-corrected chi connectivity index (χ2v) is 3.91. The summed E-state index contributed by atoms with van der Waals surface area (Å²) in [6, 6.07) is 10.1. The molecule has 0 saturated heterocycles. The Morgan fingerprint density at radius 3 is 2.58 bits per heavy atom. The minimum Gasteiger partial charge on any atom is -0.120 e. The van der Waals surface area contributed by atoms with E-state index in [1.807, 2.05) is 30.3 Å². The Hall–Kier alpha value is -0.110. The molecule has 0 unspecified atom stereocenters. The molecule has 0 heterocycles. The predicted octanol–water partition coefficient (Wildman–Crippen LogP) is 4.10. The summed E-state index contributed by atoms with van der Waals surface area (Å²) >= 11 is 12.8. The average Bonchev–Trinajstić information content (AvgIpc) is 2.16. The molecule has 0 nitrogen and oxygen atoms in total. The highest BCUT2D eigenvalue weighted by Crippen LogP contribution is 2.21. The number of benzene rings is 1. The van der Waals surface area contributed by atoms with Crippen molar-refractivity contribution in [2.75, 3.05) is 5.75 Å². The highest BCUT2D eigenvalue weighted by Gasteiger charge is 1.94. The number of thioether (sulfide) groups is 1. The van der Waals surface area contributed by atoms with Gasteiger partial charge in [-0.15, -0.1) is 11.8 Å². The van der Waals surface area contributed by atoms with Gasteiger partial charge in [0.25, 0.3) is 0 Å². The normalized spacial score (nSPS) is 11.7. The van der Waals surface area contributed by atoms with E-state index in [0.717, 1.165) is 5.75 Å². The van der Waals surface area contributed by atoms with Gasteiger partial charge in [-0.05, 0) is 12.1 Å².